The number of esters is 1. The molecule has 0 spiro atoms. The van der Waals surface area contributed by atoms with Gasteiger partial charge in [0.1, 0.15) is 12.7 Å². The number of Topliss-reactive ketones (excluding diaryl/α,β-unsaturated/α-hetero) is 1. The highest BCUT2D eigenvalue weighted by molar-refractivity contribution is 7.91. The summed E-state index contributed by atoms with van der Waals surface area (Å²) in [6, 6.07) is 4.55. The van der Waals surface area contributed by atoms with Crippen molar-refractivity contribution in [1.29, 1.82) is 0 Å². The predicted octanol–water partition coefficient (Wildman–Crippen LogP) is 6.76. The summed E-state index contributed by atoms with van der Waals surface area (Å²) in [6.45, 7) is 9.64. The standard InChI is InChI=1S/C45H60F2N4O9S/c1-8-28-21-27(2)11-9-10-12-29-24-45(29,41(55)49-61(56,57)43(5)16-17-43)25-36(52)35-22-30(26-51(35)40(54)33(28)23-37(53)60-42(3,4)44(6,46)47)59-39-32-13-14-34-38(31(32)15-18-48-39)58-20-19-50(34)7/h10,12-15,18,27-30,33,35H,8-9,11,16-17,19-26H2,1-7H3,(H,49,55)/b12-10-/t27-,28+,29+,30+,33-,35-,45+/m0/s1. The number of hydrogen-bond acceptors (Lipinski definition) is 11. The fourth-order valence-electron chi connectivity index (χ4n) is 9.24. The Hall–Kier alpha value is -4.34. The van der Waals surface area contributed by atoms with Crippen molar-refractivity contribution in [2.75, 3.05) is 31.6 Å². The SMILES string of the molecule is CC[C@@H]1C[C@@H](C)CC/C=C\[C@@H]2C[C@@]2(C(=O)NS(=O)(=O)C2(C)CC2)CC(=O)[C@@H]2C[C@@H](Oc3nccc4c5c(ccc34)N(C)CCO5)CN2C(=O)[C@H]1CC(=O)OC(C)(C)C(C)(F)F. The van der Waals surface area contributed by atoms with E-state index in [1.165, 1.54) is 4.90 Å². The lowest BCUT2D eigenvalue weighted by Gasteiger charge is -2.35. The van der Waals surface area contributed by atoms with Gasteiger partial charge in [-0.05, 0) is 95.2 Å². The van der Waals surface area contributed by atoms with Gasteiger partial charge in [0.2, 0.25) is 27.7 Å². The van der Waals surface area contributed by atoms with E-state index < -0.39 is 85.7 Å². The molecular weight excluding hydrogens is 811 g/mol. The summed E-state index contributed by atoms with van der Waals surface area (Å²) in [7, 11) is -2.03. The number of alkyl halides is 2. The lowest BCUT2D eigenvalue weighted by Crippen LogP contribution is -2.49. The molecule has 2 saturated carbocycles. The molecule has 0 bridgehead atoms. The van der Waals surface area contributed by atoms with Crippen molar-refractivity contribution in [1.82, 2.24) is 14.6 Å². The first kappa shape index (κ1) is 44.7. The maximum atomic E-state index is 15.2. The average molecular weight is 871 g/mol. The van der Waals surface area contributed by atoms with Gasteiger partial charge in [-0.1, -0.05) is 32.4 Å². The number of fused-ring (bicyclic) bond motifs is 5. The quantitative estimate of drug-likeness (QED) is 0.198. The molecule has 3 fully saturated rings. The van der Waals surface area contributed by atoms with Crippen molar-refractivity contribution in [3.05, 3.63) is 36.5 Å². The minimum Gasteiger partial charge on any atom is -0.489 e. The minimum absolute atomic E-state index is 0.0286. The monoisotopic (exact) mass is 870 g/mol. The number of hydrogen-bond donors (Lipinski definition) is 1. The van der Waals surface area contributed by atoms with Gasteiger partial charge in [0, 0.05) is 43.8 Å². The molecule has 0 unspecified atom stereocenters. The average Bonchev–Trinajstić information content (AvgIpc) is 4.07. The van der Waals surface area contributed by atoms with E-state index in [9.17, 15) is 31.6 Å². The zero-order valence-corrected chi connectivity index (χ0v) is 37.1. The lowest BCUT2D eigenvalue weighted by atomic mass is 9.79. The number of allylic oxidation sites excluding steroid dienone is 2. The van der Waals surface area contributed by atoms with Crippen molar-refractivity contribution < 1.29 is 50.6 Å². The van der Waals surface area contributed by atoms with Gasteiger partial charge in [-0.3, -0.25) is 23.9 Å². The Balaban J connectivity index is 1.24. The summed E-state index contributed by atoms with van der Waals surface area (Å²) >= 11 is 0. The molecule has 334 valence electrons. The lowest BCUT2D eigenvalue weighted by molar-refractivity contribution is -0.197. The number of likely N-dealkylation sites (N-methyl/N-ethyl adjacent to an activating group) is 1. The van der Waals surface area contributed by atoms with E-state index in [4.69, 9.17) is 14.2 Å². The number of nitrogens with one attached hydrogen (secondary N) is 1. The summed E-state index contributed by atoms with van der Waals surface area (Å²) in [5.41, 5.74) is -2.58. The van der Waals surface area contributed by atoms with E-state index in [2.05, 4.69) is 21.5 Å². The molecule has 1 aromatic heterocycles. The Bertz CT molecular complexity index is 2210. The Morgan fingerprint density at radius 3 is 2.52 bits per heavy atom. The van der Waals surface area contributed by atoms with Crippen LogP contribution in [0.2, 0.25) is 0 Å². The van der Waals surface area contributed by atoms with Gasteiger partial charge in [-0.2, -0.15) is 0 Å². The van der Waals surface area contributed by atoms with Gasteiger partial charge >= 0.3 is 5.97 Å². The zero-order valence-electron chi connectivity index (χ0n) is 36.3. The number of pyridine rings is 1. The number of ketones is 1. The molecule has 0 radical (unpaired) electrons. The molecule has 3 aliphatic heterocycles. The van der Waals surface area contributed by atoms with E-state index in [1.54, 1.807) is 13.1 Å². The number of sulfonamides is 1. The predicted molar refractivity (Wildman–Crippen MR) is 225 cm³/mol. The van der Waals surface area contributed by atoms with Crippen LogP contribution >= 0.6 is 0 Å². The van der Waals surface area contributed by atoms with Crippen molar-refractivity contribution in [3.8, 4) is 11.6 Å². The van der Waals surface area contributed by atoms with Crippen LogP contribution in [0.4, 0.5) is 14.5 Å². The van der Waals surface area contributed by atoms with Crippen LogP contribution in [0.15, 0.2) is 36.5 Å². The Labute approximate surface area is 357 Å². The fourth-order valence-corrected chi connectivity index (χ4v) is 10.6. The molecule has 2 amide bonds. The number of nitrogens with zero attached hydrogens (tertiary/aromatic N) is 3. The van der Waals surface area contributed by atoms with Crippen molar-refractivity contribution in [3.63, 3.8) is 0 Å². The van der Waals surface area contributed by atoms with Crippen molar-refractivity contribution >= 4 is 50.1 Å². The van der Waals surface area contributed by atoms with Crippen LogP contribution in [0.3, 0.4) is 0 Å². The second-order valence-corrected chi connectivity index (χ2v) is 21.3. The first-order valence-corrected chi connectivity index (χ1v) is 23.2. The van der Waals surface area contributed by atoms with Crippen molar-refractivity contribution in [2.24, 2.45) is 29.1 Å². The normalized spacial score (nSPS) is 29.9. The summed E-state index contributed by atoms with van der Waals surface area (Å²) in [6.07, 6.45) is 7.43. The number of aromatic nitrogens is 1. The first-order chi connectivity index (χ1) is 28.6. The van der Waals surface area contributed by atoms with Crippen LogP contribution in [0, 0.1) is 29.1 Å². The van der Waals surface area contributed by atoms with Gasteiger partial charge in [0.25, 0.3) is 5.92 Å². The number of carbonyl (C=O) groups excluding carboxylic acids is 4. The van der Waals surface area contributed by atoms with Gasteiger partial charge < -0.3 is 24.0 Å². The second kappa shape index (κ2) is 16.4. The number of carbonyl (C=O) groups is 4. The molecule has 7 atom stereocenters. The molecule has 7 rings (SSSR count). The second-order valence-electron chi connectivity index (χ2n) is 19.1. The molecule has 5 aliphatic rings. The van der Waals surface area contributed by atoms with E-state index in [0.29, 0.717) is 56.8 Å². The molecule has 2 aliphatic carbocycles. The highest BCUT2D eigenvalue weighted by Gasteiger charge is 2.63. The molecular formula is C45H60F2N4O9S. The summed E-state index contributed by atoms with van der Waals surface area (Å²) in [5, 5.41) is 1.45. The Kier molecular flexibility index (Phi) is 12.0. The van der Waals surface area contributed by atoms with E-state index >= 15 is 4.79 Å². The molecule has 13 nitrogen and oxygen atoms in total. The molecule has 1 saturated heterocycles. The molecule has 4 heterocycles. The maximum absolute atomic E-state index is 15.2. The molecule has 1 aromatic carbocycles. The zero-order chi connectivity index (χ0) is 44.3. The largest absolute Gasteiger partial charge is 0.489 e. The van der Waals surface area contributed by atoms with Crippen LogP contribution in [-0.4, -0.2) is 97.0 Å². The third-order valence-electron chi connectivity index (χ3n) is 14.1. The molecule has 2 aromatic rings. The number of amides is 2. The topological polar surface area (TPSA) is 162 Å². The number of rotatable bonds is 10. The molecule has 16 heteroatoms. The van der Waals surface area contributed by atoms with E-state index in [-0.39, 0.29) is 43.5 Å². The third-order valence-corrected chi connectivity index (χ3v) is 16.3. The Morgan fingerprint density at radius 2 is 1.84 bits per heavy atom. The number of anilines is 1. The van der Waals surface area contributed by atoms with Gasteiger partial charge in [-0.25, -0.2) is 22.2 Å². The van der Waals surface area contributed by atoms with Gasteiger partial charge in [0.05, 0.1) is 47.3 Å². The summed E-state index contributed by atoms with van der Waals surface area (Å²) in [4.78, 5) is 65.7. The summed E-state index contributed by atoms with van der Waals surface area (Å²) < 4.78 is 75.0. The van der Waals surface area contributed by atoms with Crippen LogP contribution in [0.1, 0.15) is 106 Å². The van der Waals surface area contributed by atoms with Crippen LogP contribution in [-0.2, 0) is 33.9 Å². The maximum Gasteiger partial charge on any atom is 0.307 e. The molecule has 1 N–H and O–H groups in total. The first-order valence-electron chi connectivity index (χ1n) is 21.7. The smallest absolute Gasteiger partial charge is 0.307 e. The van der Waals surface area contributed by atoms with E-state index in [1.807, 2.05) is 44.3 Å². The van der Waals surface area contributed by atoms with Crippen LogP contribution < -0.4 is 19.1 Å². The van der Waals surface area contributed by atoms with Crippen LogP contribution in [0.5, 0.6) is 11.6 Å². The number of ether oxygens (including phenoxy) is 3. The highest BCUT2D eigenvalue weighted by atomic mass is 32.2. The highest BCUT2D eigenvalue weighted by Crippen LogP contribution is 2.58. The Morgan fingerprint density at radius 1 is 1.10 bits per heavy atom. The van der Waals surface area contributed by atoms with E-state index in [0.717, 1.165) is 37.9 Å². The molecule has 61 heavy (non-hydrogen) atoms. The number of benzene rings is 1. The third kappa shape index (κ3) is 8.84. The fraction of sp³-hybridized carbons (Fsp3) is 0.667. The number of halogens is 2. The van der Waals surface area contributed by atoms with Gasteiger partial charge in [-0.15, -0.1) is 0 Å². The van der Waals surface area contributed by atoms with Gasteiger partial charge in [0.15, 0.2) is 17.1 Å². The van der Waals surface area contributed by atoms with Crippen molar-refractivity contribution in [2.45, 2.75) is 134 Å². The minimum atomic E-state index is -4.01. The summed E-state index contributed by atoms with van der Waals surface area (Å²) in [5.74, 6) is -6.75. The van der Waals surface area contributed by atoms with Crippen LogP contribution in [0.25, 0.3) is 10.8 Å².